The lowest BCUT2D eigenvalue weighted by molar-refractivity contribution is 0.669. The lowest BCUT2D eigenvalue weighted by atomic mass is 9.97. The number of fused-ring (bicyclic) bond motifs is 5. The second kappa shape index (κ2) is 12.5. The summed E-state index contributed by atoms with van der Waals surface area (Å²) in [5, 5.41) is 4.33. The molecule has 0 radical (unpaired) electrons. The highest BCUT2D eigenvalue weighted by atomic mass is 16.3. The highest BCUT2D eigenvalue weighted by Crippen LogP contribution is 2.40. The molecule has 2 nitrogen and oxygen atoms in total. The molecule has 0 aliphatic carbocycles. The molecular weight excluding hydrogens is 631 g/mol. The van der Waals surface area contributed by atoms with Crippen molar-refractivity contribution in [3.8, 4) is 33.4 Å². The molecule has 0 unspecified atom stereocenters. The first kappa shape index (κ1) is 20.1. The van der Waals surface area contributed by atoms with Gasteiger partial charge in [0, 0.05) is 27.8 Å². The molecule has 1 aromatic heterocycles. The molecule has 0 saturated carbocycles. The van der Waals surface area contributed by atoms with Crippen LogP contribution in [0.2, 0.25) is 0 Å². The minimum atomic E-state index is -0.737. The van der Waals surface area contributed by atoms with Crippen molar-refractivity contribution in [1.82, 2.24) is 0 Å². The Morgan fingerprint density at radius 1 is 0.385 bits per heavy atom. The van der Waals surface area contributed by atoms with E-state index in [1.165, 1.54) is 0 Å². The van der Waals surface area contributed by atoms with Gasteiger partial charge in [0.05, 0.1) is 16.4 Å². The van der Waals surface area contributed by atoms with E-state index in [-0.39, 0.29) is 16.7 Å². The summed E-state index contributed by atoms with van der Waals surface area (Å²) in [7, 11) is 0. The zero-order valence-corrected chi connectivity index (χ0v) is 27.5. The van der Waals surface area contributed by atoms with Crippen molar-refractivity contribution < 1.29 is 20.9 Å². The summed E-state index contributed by atoms with van der Waals surface area (Å²) >= 11 is 0. The largest absolute Gasteiger partial charge is 0.456 e. The lowest BCUT2D eigenvalue weighted by Gasteiger charge is -2.26. The van der Waals surface area contributed by atoms with Gasteiger partial charge >= 0.3 is 0 Å². The first-order valence-corrected chi connectivity index (χ1v) is 16.8. The van der Waals surface area contributed by atoms with Crippen molar-refractivity contribution in [1.29, 1.82) is 0 Å². The first-order chi connectivity index (χ1) is 30.8. The number of furan rings is 1. The fourth-order valence-electron chi connectivity index (χ4n) is 6.80. The van der Waals surface area contributed by atoms with Crippen LogP contribution in [0, 0.1) is 0 Å². The molecule has 0 saturated heterocycles. The van der Waals surface area contributed by atoms with Crippen molar-refractivity contribution in [3.63, 3.8) is 0 Å². The van der Waals surface area contributed by atoms with Gasteiger partial charge in [-0.2, -0.15) is 0 Å². The molecule has 2 heteroatoms. The quantitative estimate of drug-likeness (QED) is 0.174. The highest BCUT2D eigenvalue weighted by molar-refractivity contribution is 6.06. The van der Waals surface area contributed by atoms with E-state index < -0.39 is 89.6 Å². The Labute approximate surface area is 319 Å². The van der Waals surface area contributed by atoms with E-state index in [0.29, 0.717) is 44.0 Å². The molecule has 0 spiro atoms. The van der Waals surface area contributed by atoms with E-state index in [0.717, 1.165) is 21.1 Å². The molecule has 0 aliphatic heterocycles. The van der Waals surface area contributed by atoms with Crippen molar-refractivity contribution in [2.24, 2.45) is 0 Å². The minimum absolute atomic E-state index is 0.0393. The Kier molecular flexibility index (Phi) is 4.81. The number of para-hydroxylation sites is 1. The number of rotatable bonds is 6. The summed E-state index contributed by atoms with van der Waals surface area (Å²) in [6.07, 6.45) is 0. The van der Waals surface area contributed by atoms with Crippen LogP contribution in [0.15, 0.2) is 204 Å². The zero-order chi connectivity index (χ0) is 44.9. The topological polar surface area (TPSA) is 16.4 Å². The van der Waals surface area contributed by atoms with Crippen LogP contribution in [0.25, 0.3) is 76.9 Å². The van der Waals surface area contributed by atoms with Crippen LogP contribution in [0.3, 0.4) is 0 Å². The maximum absolute atomic E-state index is 9.84. The van der Waals surface area contributed by atoms with Crippen molar-refractivity contribution >= 4 is 60.5 Å². The van der Waals surface area contributed by atoms with E-state index in [1.54, 1.807) is 72.8 Å². The van der Waals surface area contributed by atoms with E-state index in [9.17, 15) is 13.7 Å². The average Bonchev–Trinajstić information content (AvgIpc) is 3.68. The molecule has 0 atom stereocenters. The number of anilines is 3. The second-order valence-electron chi connectivity index (χ2n) is 12.4. The third kappa shape index (κ3) is 5.21. The van der Waals surface area contributed by atoms with Gasteiger partial charge in [-0.15, -0.1) is 0 Å². The normalized spacial score (nSPS) is 14.7. The van der Waals surface area contributed by atoms with Crippen LogP contribution in [-0.2, 0) is 0 Å². The van der Waals surface area contributed by atoms with E-state index in [4.69, 9.17) is 7.16 Å². The fourth-order valence-corrected chi connectivity index (χ4v) is 6.80. The number of hydrogen-bond acceptors (Lipinski definition) is 2. The Balaban J connectivity index is 1.31. The van der Waals surface area contributed by atoms with Gasteiger partial charge in [0.25, 0.3) is 0 Å². The fraction of sp³-hybridized carbons (Fsp3) is 0. The molecule has 0 aliphatic rings. The minimum Gasteiger partial charge on any atom is -0.456 e. The molecule has 0 fully saturated rings. The molecule has 9 aromatic carbocycles. The highest BCUT2D eigenvalue weighted by Gasteiger charge is 2.16. The van der Waals surface area contributed by atoms with Gasteiger partial charge in [-0.05, 0) is 109 Å². The van der Waals surface area contributed by atoms with E-state index in [2.05, 4.69) is 0 Å². The second-order valence-corrected chi connectivity index (χ2v) is 12.4. The third-order valence-corrected chi connectivity index (χ3v) is 9.29. The lowest BCUT2D eigenvalue weighted by Crippen LogP contribution is -2.10. The Morgan fingerprint density at radius 3 is 1.56 bits per heavy atom. The van der Waals surface area contributed by atoms with Crippen LogP contribution in [0.4, 0.5) is 17.1 Å². The SMILES string of the molecule is [2H]c1c([2H])c(-c2ccc3oc4ccccc4c3c2)c([2H])c(N(c2c([2H])c([2H])c(-c3cccc4ccccc34)c([2H])c2[2H])c2c([2H])c([2H])c(-c3cccc4ccccc34)c([2H])c2[2H])c1[2H]. The Hall–Kier alpha value is -6.90. The summed E-state index contributed by atoms with van der Waals surface area (Å²) in [4.78, 5) is 0.888. The first-order valence-electron chi connectivity index (χ1n) is 22.8. The van der Waals surface area contributed by atoms with E-state index >= 15 is 0 Å². The summed E-state index contributed by atoms with van der Waals surface area (Å²) in [6, 6.07) is 30.4. The molecule has 0 bridgehead atoms. The molecular formula is C50H33NO. The molecule has 10 rings (SSSR count). The monoisotopic (exact) mass is 675 g/mol. The van der Waals surface area contributed by atoms with Gasteiger partial charge in [-0.25, -0.2) is 0 Å². The van der Waals surface area contributed by atoms with Gasteiger partial charge < -0.3 is 9.32 Å². The van der Waals surface area contributed by atoms with Crippen LogP contribution in [0.1, 0.15) is 16.4 Å². The predicted octanol–water partition coefficient (Wildman–Crippen LogP) is 14.4. The molecule has 52 heavy (non-hydrogen) atoms. The maximum atomic E-state index is 9.84. The summed E-state index contributed by atoms with van der Waals surface area (Å²) in [5.74, 6) is 0. The molecule has 0 amide bonds. The van der Waals surface area contributed by atoms with Crippen LogP contribution in [-0.4, -0.2) is 0 Å². The summed E-state index contributed by atoms with van der Waals surface area (Å²) < 4.78 is 120. The van der Waals surface area contributed by atoms with Gasteiger partial charge in [0.15, 0.2) is 0 Å². The van der Waals surface area contributed by atoms with Crippen molar-refractivity contribution in [2.75, 3.05) is 4.90 Å². The molecule has 0 N–H and O–H groups in total. The van der Waals surface area contributed by atoms with Gasteiger partial charge in [-0.3, -0.25) is 0 Å². The Bertz CT molecular complexity index is 3410. The van der Waals surface area contributed by atoms with Gasteiger partial charge in [0.2, 0.25) is 0 Å². The summed E-state index contributed by atoms with van der Waals surface area (Å²) in [6.45, 7) is 0. The molecule has 10 aromatic rings. The van der Waals surface area contributed by atoms with Gasteiger partial charge in [0.1, 0.15) is 11.2 Å². The average molecular weight is 676 g/mol. The zero-order valence-electron chi connectivity index (χ0n) is 39.5. The van der Waals surface area contributed by atoms with Gasteiger partial charge in [-0.1, -0.05) is 145 Å². The third-order valence-electron chi connectivity index (χ3n) is 9.29. The molecule has 244 valence electrons. The number of hydrogen-bond donors (Lipinski definition) is 0. The molecule has 1 heterocycles. The van der Waals surface area contributed by atoms with E-state index in [1.807, 2.05) is 54.6 Å². The predicted molar refractivity (Wildman–Crippen MR) is 220 cm³/mol. The van der Waals surface area contributed by atoms with Crippen LogP contribution >= 0.6 is 0 Å². The smallest absolute Gasteiger partial charge is 0.135 e. The summed E-state index contributed by atoms with van der Waals surface area (Å²) in [5.41, 5.74) is 0.365. The van der Waals surface area contributed by atoms with Crippen molar-refractivity contribution in [2.45, 2.75) is 0 Å². The standard InChI is InChI=1S/C50H33NO/c1-3-16-43-34(10-1)12-8-19-45(43)36-22-27-40(28-23-36)51(41-29-24-37(25-30-41)46-20-9-13-35-11-2-4-17-44(35)46)42-15-7-14-38(32-42)39-26-31-50-48(33-39)47-18-5-6-21-49(47)52-50/h1-33H/i7D,14D,15D,22D,23D,24D,25D,27D,28D,29D,30D,32D. The number of nitrogens with zero attached hydrogens (tertiary/aromatic N) is 1. The number of benzene rings is 9. The van der Waals surface area contributed by atoms with Crippen LogP contribution in [0.5, 0.6) is 0 Å². The van der Waals surface area contributed by atoms with Crippen LogP contribution < -0.4 is 4.90 Å². The Morgan fingerprint density at radius 2 is 0.923 bits per heavy atom. The maximum Gasteiger partial charge on any atom is 0.135 e. The van der Waals surface area contributed by atoms with Crippen molar-refractivity contribution in [3.05, 3.63) is 200 Å².